The van der Waals surface area contributed by atoms with Crippen LogP contribution in [0.25, 0.3) is 0 Å². The van der Waals surface area contributed by atoms with E-state index < -0.39 is 5.97 Å². The van der Waals surface area contributed by atoms with Gasteiger partial charge in [-0.05, 0) is 36.2 Å². The number of benzene rings is 2. The maximum absolute atomic E-state index is 10.8. The van der Waals surface area contributed by atoms with Crippen LogP contribution in [0, 0.1) is 0 Å². The summed E-state index contributed by atoms with van der Waals surface area (Å²) in [6.07, 6.45) is 0.970. The van der Waals surface area contributed by atoms with Crippen molar-refractivity contribution in [3.8, 4) is 0 Å². The summed E-state index contributed by atoms with van der Waals surface area (Å²) < 4.78 is 0. The van der Waals surface area contributed by atoms with Gasteiger partial charge in [-0.1, -0.05) is 30.3 Å². The minimum atomic E-state index is -0.890. The van der Waals surface area contributed by atoms with Gasteiger partial charge in [0.25, 0.3) is 0 Å². The van der Waals surface area contributed by atoms with Crippen LogP contribution in [-0.2, 0) is 6.42 Å². The van der Waals surface area contributed by atoms with Gasteiger partial charge in [-0.15, -0.1) is 0 Å². The Bertz CT molecular complexity index is 534. The Kier molecular flexibility index (Phi) is 4.18. The van der Waals surface area contributed by atoms with Crippen molar-refractivity contribution >= 4 is 11.7 Å². The van der Waals surface area contributed by atoms with E-state index in [1.54, 1.807) is 12.1 Å². The molecule has 0 aliphatic carbocycles. The van der Waals surface area contributed by atoms with E-state index in [2.05, 4.69) is 17.0 Å². The Morgan fingerprint density at radius 2 is 1.68 bits per heavy atom. The fourth-order valence-electron chi connectivity index (χ4n) is 1.93. The first-order chi connectivity index (χ1) is 9.16. The average molecular weight is 255 g/mol. The van der Waals surface area contributed by atoms with Crippen molar-refractivity contribution in [3.63, 3.8) is 0 Å². The van der Waals surface area contributed by atoms with E-state index >= 15 is 0 Å². The lowest BCUT2D eigenvalue weighted by atomic mass is 10.1. The molecule has 0 spiro atoms. The van der Waals surface area contributed by atoms with Crippen LogP contribution in [0.15, 0.2) is 54.6 Å². The van der Waals surface area contributed by atoms with Gasteiger partial charge in [-0.25, -0.2) is 4.79 Å². The number of anilines is 1. The normalized spacial score (nSPS) is 10.2. The zero-order chi connectivity index (χ0) is 13.7. The van der Waals surface area contributed by atoms with E-state index in [1.165, 1.54) is 5.56 Å². The van der Waals surface area contributed by atoms with Crippen molar-refractivity contribution < 1.29 is 9.90 Å². The molecule has 0 fully saturated rings. The molecule has 98 valence electrons. The summed E-state index contributed by atoms with van der Waals surface area (Å²) in [5.74, 6) is -0.890. The van der Waals surface area contributed by atoms with Gasteiger partial charge in [0, 0.05) is 19.3 Å². The van der Waals surface area contributed by atoms with Crippen molar-refractivity contribution in [1.82, 2.24) is 0 Å². The van der Waals surface area contributed by atoms with Gasteiger partial charge in [-0.3, -0.25) is 0 Å². The molecular weight excluding hydrogens is 238 g/mol. The molecule has 0 bridgehead atoms. The molecule has 0 amide bonds. The van der Waals surface area contributed by atoms with Crippen LogP contribution in [-0.4, -0.2) is 24.7 Å². The smallest absolute Gasteiger partial charge is 0.335 e. The second-order valence-corrected chi connectivity index (χ2v) is 4.51. The Morgan fingerprint density at radius 3 is 2.26 bits per heavy atom. The minimum absolute atomic E-state index is 0.320. The van der Waals surface area contributed by atoms with Crippen molar-refractivity contribution in [3.05, 3.63) is 65.7 Å². The van der Waals surface area contributed by atoms with E-state index in [4.69, 9.17) is 5.11 Å². The fraction of sp³-hybridized carbons (Fsp3) is 0.188. The number of hydrogen-bond donors (Lipinski definition) is 1. The first kappa shape index (κ1) is 13.1. The number of likely N-dealkylation sites (N-methyl/N-ethyl adjacent to an activating group) is 1. The van der Waals surface area contributed by atoms with Crippen molar-refractivity contribution in [1.29, 1.82) is 0 Å². The summed E-state index contributed by atoms with van der Waals surface area (Å²) in [7, 11) is 2.01. The van der Waals surface area contributed by atoms with Gasteiger partial charge in [0.15, 0.2) is 0 Å². The highest BCUT2D eigenvalue weighted by Gasteiger charge is 2.04. The van der Waals surface area contributed by atoms with Crippen molar-refractivity contribution in [2.75, 3.05) is 18.5 Å². The molecular formula is C16H17NO2. The lowest BCUT2D eigenvalue weighted by Crippen LogP contribution is -2.20. The zero-order valence-corrected chi connectivity index (χ0v) is 10.9. The summed E-state index contributed by atoms with van der Waals surface area (Å²) in [5.41, 5.74) is 2.65. The Hall–Kier alpha value is -2.29. The van der Waals surface area contributed by atoms with Crippen molar-refractivity contribution in [2.24, 2.45) is 0 Å². The topological polar surface area (TPSA) is 40.5 Å². The quantitative estimate of drug-likeness (QED) is 0.892. The molecule has 0 saturated heterocycles. The molecule has 1 N–H and O–H groups in total. The number of rotatable bonds is 5. The number of carboxylic acid groups (broad SMARTS) is 1. The number of hydrogen-bond acceptors (Lipinski definition) is 2. The molecule has 0 atom stereocenters. The molecule has 2 aromatic rings. The molecule has 3 nitrogen and oxygen atoms in total. The summed E-state index contributed by atoms with van der Waals surface area (Å²) in [5, 5.41) is 8.85. The van der Waals surface area contributed by atoms with Crippen LogP contribution < -0.4 is 4.90 Å². The third kappa shape index (κ3) is 3.58. The van der Waals surface area contributed by atoms with E-state index in [-0.39, 0.29) is 0 Å². The standard InChI is InChI=1S/C16H17NO2/c1-17(12-11-13-5-3-2-4-6-13)15-9-7-14(8-10-15)16(18)19/h2-10H,11-12H2,1H3,(H,18,19). The highest BCUT2D eigenvalue weighted by molar-refractivity contribution is 5.88. The van der Waals surface area contributed by atoms with E-state index in [0.29, 0.717) is 5.56 Å². The highest BCUT2D eigenvalue weighted by atomic mass is 16.4. The van der Waals surface area contributed by atoms with E-state index in [1.807, 2.05) is 37.4 Å². The third-order valence-corrected chi connectivity index (χ3v) is 3.13. The third-order valence-electron chi connectivity index (χ3n) is 3.13. The largest absolute Gasteiger partial charge is 0.478 e. The number of carbonyl (C=O) groups is 1. The van der Waals surface area contributed by atoms with Crippen LogP contribution in [0.5, 0.6) is 0 Å². The van der Waals surface area contributed by atoms with E-state index in [0.717, 1.165) is 18.7 Å². The number of carboxylic acids is 1. The SMILES string of the molecule is CN(CCc1ccccc1)c1ccc(C(=O)O)cc1. The fourth-order valence-corrected chi connectivity index (χ4v) is 1.93. The van der Waals surface area contributed by atoms with Gasteiger partial charge in [0.1, 0.15) is 0 Å². The summed E-state index contributed by atoms with van der Waals surface area (Å²) >= 11 is 0. The maximum Gasteiger partial charge on any atom is 0.335 e. The average Bonchev–Trinajstić information content (AvgIpc) is 2.46. The molecule has 0 saturated carbocycles. The molecule has 0 aliphatic rings. The Balaban J connectivity index is 1.96. The van der Waals surface area contributed by atoms with Gasteiger partial charge < -0.3 is 10.0 Å². The molecule has 0 unspecified atom stereocenters. The maximum atomic E-state index is 10.8. The van der Waals surface area contributed by atoms with Crippen LogP contribution in [0.2, 0.25) is 0 Å². The molecule has 0 aliphatic heterocycles. The Labute approximate surface area is 113 Å². The zero-order valence-electron chi connectivity index (χ0n) is 10.9. The second-order valence-electron chi connectivity index (χ2n) is 4.51. The van der Waals surface area contributed by atoms with Gasteiger partial charge >= 0.3 is 5.97 Å². The molecule has 19 heavy (non-hydrogen) atoms. The van der Waals surface area contributed by atoms with Gasteiger partial charge in [0.2, 0.25) is 0 Å². The second kappa shape index (κ2) is 6.05. The number of nitrogens with zero attached hydrogens (tertiary/aromatic N) is 1. The minimum Gasteiger partial charge on any atom is -0.478 e. The molecule has 2 aromatic carbocycles. The lowest BCUT2D eigenvalue weighted by molar-refractivity contribution is 0.0697. The lowest BCUT2D eigenvalue weighted by Gasteiger charge is -2.19. The monoisotopic (exact) mass is 255 g/mol. The molecule has 2 rings (SSSR count). The number of aromatic carboxylic acids is 1. The summed E-state index contributed by atoms with van der Waals surface area (Å²) in [6, 6.07) is 17.3. The predicted octanol–water partition coefficient (Wildman–Crippen LogP) is 3.06. The first-order valence-electron chi connectivity index (χ1n) is 6.25. The van der Waals surface area contributed by atoms with Crippen LogP contribution in [0.3, 0.4) is 0 Å². The first-order valence-corrected chi connectivity index (χ1v) is 6.25. The summed E-state index contributed by atoms with van der Waals surface area (Å²) in [6.45, 7) is 0.899. The molecule has 3 heteroatoms. The molecule has 0 heterocycles. The van der Waals surface area contributed by atoms with Crippen LogP contribution in [0.4, 0.5) is 5.69 Å². The van der Waals surface area contributed by atoms with Crippen LogP contribution in [0.1, 0.15) is 15.9 Å². The van der Waals surface area contributed by atoms with Crippen molar-refractivity contribution in [2.45, 2.75) is 6.42 Å². The van der Waals surface area contributed by atoms with Gasteiger partial charge in [-0.2, -0.15) is 0 Å². The van der Waals surface area contributed by atoms with Gasteiger partial charge in [0.05, 0.1) is 5.56 Å². The van der Waals surface area contributed by atoms with E-state index in [9.17, 15) is 4.79 Å². The molecule has 0 radical (unpaired) electrons. The Morgan fingerprint density at radius 1 is 1.05 bits per heavy atom. The summed E-state index contributed by atoms with van der Waals surface area (Å²) in [4.78, 5) is 12.9. The predicted molar refractivity (Wildman–Crippen MR) is 76.8 cm³/mol. The molecule has 0 aromatic heterocycles. The van der Waals surface area contributed by atoms with Crippen LogP contribution >= 0.6 is 0 Å². The highest BCUT2D eigenvalue weighted by Crippen LogP contribution is 2.14.